The standard InChI is InChI=1S/C16H23N5/c17-15-7-8-19-16(18,20-15)12-13-5-4-6-14(11-13)21-9-2-1-3-10-21/h4-8,11,19H,1-3,9-10,12,18H2,(H2,17,20). The molecule has 0 spiro atoms. The lowest BCUT2D eigenvalue weighted by molar-refractivity contribution is 0.390. The molecule has 21 heavy (non-hydrogen) atoms. The second-order valence-corrected chi connectivity index (χ2v) is 5.83. The molecule has 0 aliphatic carbocycles. The molecule has 1 atom stereocenters. The molecule has 0 radical (unpaired) electrons. The lowest BCUT2D eigenvalue weighted by Crippen LogP contribution is -2.54. The van der Waals surface area contributed by atoms with Gasteiger partial charge in [0.25, 0.3) is 0 Å². The van der Waals surface area contributed by atoms with Crippen LogP contribution in [0.1, 0.15) is 24.8 Å². The fourth-order valence-corrected chi connectivity index (χ4v) is 2.99. The van der Waals surface area contributed by atoms with Crippen molar-refractivity contribution in [2.24, 2.45) is 16.5 Å². The number of amidine groups is 1. The summed E-state index contributed by atoms with van der Waals surface area (Å²) < 4.78 is 0. The monoisotopic (exact) mass is 285 g/mol. The first-order valence-corrected chi connectivity index (χ1v) is 7.57. The van der Waals surface area contributed by atoms with Crippen molar-refractivity contribution < 1.29 is 0 Å². The molecule has 1 aromatic carbocycles. The molecule has 2 aliphatic heterocycles. The molecule has 1 saturated heterocycles. The number of rotatable bonds is 3. The molecule has 1 unspecified atom stereocenters. The van der Waals surface area contributed by atoms with Crippen LogP contribution < -0.4 is 21.7 Å². The first-order valence-electron chi connectivity index (χ1n) is 7.57. The Bertz CT molecular complexity index is 560. The zero-order valence-corrected chi connectivity index (χ0v) is 12.3. The summed E-state index contributed by atoms with van der Waals surface area (Å²) in [7, 11) is 0. The third-order valence-corrected chi connectivity index (χ3v) is 4.02. The van der Waals surface area contributed by atoms with Crippen LogP contribution in [0.2, 0.25) is 0 Å². The average molecular weight is 285 g/mol. The first-order chi connectivity index (χ1) is 10.1. The summed E-state index contributed by atoms with van der Waals surface area (Å²) >= 11 is 0. The van der Waals surface area contributed by atoms with Crippen molar-refractivity contribution in [2.75, 3.05) is 18.0 Å². The average Bonchev–Trinajstić information content (AvgIpc) is 2.48. The lowest BCUT2D eigenvalue weighted by Gasteiger charge is -2.31. The number of hydrogen-bond acceptors (Lipinski definition) is 5. The predicted molar refractivity (Wildman–Crippen MR) is 87.0 cm³/mol. The molecule has 5 heteroatoms. The highest BCUT2D eigenvalue weighted by molar-refractivity contribution is 5.92. The van der Waals surface area contributed by atoms with Gasteiger partial charge in [-0.15, -0.1) is 0 Å². The van der Waals surface area contributed by atoms with E-state index in [0.717, 1.165) is 13.1 Å². The molecule has 2 heterocycles. The lowest BCUT2D eigenvalue weighted by atomic mass is 10.0. The van der Waals surface area contributed by atoms with Crippen LogP contribution in [0.3, 0.4) is 0 Å². The van der Waals surface area contributed by atoms with Gasteiger partial charge < -0.3 is 16.0 Å². The summed E-state index contributed by atoms with van der Waals surface area (Å²) in [4.78, 5) is 6.76. The molecule has 0 amide bonds. The molecule has 0 saturated carbocycles. The Hall–Kier alpha value is -2.01. The Morgan fingerprint density at radius 1 is 1.24 bits per heavy atom. The van der Waals surface area contributed by atoms with Crippen LogP contribution >= 0.6 is 0 Å². The molecule has 5 N–H and O–H groups in total. The molecule has 0 aromatic heterocycles. The molecule has 2 aliphatic rings. The van der Waals surface area contributed by atoms with E-state index >= 15 is 0 Å². The van der Waals surface area contributed by atoms with Crippen molar-refractivity contribution in [3.8, 4) is 0 Å². The summed E-state index contributed by atoms with van der Waals surface area (Å²) in [6, 6.07) is 8.57. The van der Waals surface area contributed by atoms with Gasteiger partial charge in [0.1, 0.15) is 5.84 Å². The van der Waals surface area contributed by atoms with Crippen LogP contribution in [-0.4, -0.2) is 24.7 Å². The SMILES string of the molecule is NC1=NC(N)(Cc2cccc(N3CCCCC3)c2)NC=C1. The smallest absolute Gasteiger partial charge is 0.188 e. The number of hydrogen-bond donors (Lipinski definition) is 3. The zero-order chi connectivity index (χ0) is 14.7. The minimum atomic E-state index is -0.848. The van der Waals surface area contributed by atoms with E-state index in [4.69, 9.17) is 11.5 Å². The van der Waals surface area contributed by atoms with Gasteiger partial charge in [-0.3, -0.25) is 5.73 Å². The van der Waals surface area contributed by atoms with Crippen molar-refractivity contribution in [1.29, 1.82) is 0 Å². The Labute approximate surface area is 125 Å². The van der Waals surface area contributed by atoms with E-state index in [1.54, 1.807) is 12.3 Å². The molecule has 1 fully saturated rings. The van der Waals surface area contributed by atoms with Crippen LogP contribution in [0.25, 0.3) is 0 Å². The molecule has 1 aromatic rings. The van der Waals surface area contributed by atoms with Crippen LogP contribution in [-0.2, 0) is 6.42 Å². The normalized spacial score (nSPS) is 25.4. The number of nitrogens with one attached hydrogen (secondary N) is 1. The number of anilines is 1. The van der Waals surface area contributed by atoms with Gasteiger partial charge in [-0.2, -0.15) is 0 Å². The van der Waals surface area contributed by atoms with Crippen LogP contribution in [0.15, 0.2) is 41.5 Å². The van der Waals surface area contributed by atoms with Crippen molar-refractivity contribution in [3.05, 3.63) is 42.1 Å². The summed E-state index contributed by atoms with van der Waals surface area (Å²) in [5.41, 5.74) is 14.5. The third kappa shape index (κ3) is 3.36. The van der Waals surface area contributed by atoms with E-state index in [-0.39, 0.29) is 0 Å². The minimum absolute atomic E-state index is 0.462. The van der Waals surface area contributed by atoms with Crippen molar-refractivity contribution >= 4 is 11.5 Å². The molecular formula is C16H23N5. The molecule has 3 rings (SSSR count). The summed E-state index contributed by atoms with van der Waals surface area (Å²) in [6.45, 7) is 2.28. The van der Waals surface area contributed by atoms with Crippen molar-refractivity contribution in [1.82, 2.24) is 5.32 Å². The highest BCUT2D eigenvalue weighted by Crippen LogP contribution is 2.22. The zero-order valence-electron chi connectivity index (χ0n) is 12.3. The number of nitrogens with zero attached hydrogens (tertiary/aromatic N) is 2. The maximum absolute atomic E-state index is 6.27. The van der Waals surface area contributed by atoms with Gasteiger partial charge in [0.2, 0.25) is 0 Å². The molecule has 0 bridgehead atoms. The van der Waals surface area contributed by atoms with E-state index in [1.807, 2.05) is 0 Å². The maximum Gasteiger partial charge on any atom is 0.188 e. The van der Waals surface area contributed by atoms with Gasteiger partial charge in [-0.05, 0) is 43.0 Å². The van der Waals surface area contributed by atoms with E-state index in [2.05, 4.69) is 39.5 Å². The van der Waals surface area contributed by atoms with Crippen LogP contribution in [0.5, 0.6) is 0 Å². The number of aliphatic imine (C=N–C) groups is 1. The minimum Gasteiger partial charge on any atom is -0.384 e. The van der Waals surface area contributed by atoms with E-state index in [1.165, 1.54) is 30.5 Å². The van der Waals surface area contributed by atoms with Gasteiger partial charge in [0.05, 0.1) is 0 Å². The van der Waals surface area contributed by atoms with Gasteiger partial charge in [0.15, 0.2) is 5.79 Å². The number of benzene rings is 1. The molecule has 5 nitrogen and oxygen atoms in total. The van der Waals surface area contributed by atoms with Crippen LogP contribution in [0, 0.1) is 0 Å². The predicted octanol–water partition coefficient (Wildman–Crippen LogP) is 1.31. The highest BCUT2D eigenvalue weighted by Gasteiger charge is 2.25. The Balaban J connectivity index is 1.75. The van der Waals surface area contributed by atoms with Gasteiger partial charge in [-0.1, -0.05) is 12.1 Å². The van der Waals surface area contributed by atoms with E-state index in [9.17, 15) is 0 Å². The van der Waals surface area contributed by atoms with E-state index < -0.39 is 5.79 Å². The summed E-state index contributed by atoms with van der Waals surface area (Å²) in [5, 5.41) is 3.09. The summed E-state index contributed by atoms with van der Waals surface area (Å²) in [6.07, 6.45) is 7.98. The molecule has 112 valence electrons. The van der Waals surface area contributed by atoms with Crippen molar-refractivity contribution in [3.63, 3.8) is 0 Å². The highest BCUT2D eigenvalue weighted by atomic mass is 15.3. The van der Waals surface area contributed by atoms with Crippen LogP contribution in [0.4, 0.5) is 5.69 Å². The van der Waals surface area contributed by atoms with E-state index in [0.29, 0.717) is 12.3 Å². The fourth-order valence-electron chi connectivity index (χ4n) is 2.99. The van der Waals surface area contributed by atoms with Gasteiger partial charge in [0, 0.05) is 31.4 Å². The third-order valence-electron chi connectivity index (χ3n) is 4.02. The Morgan fingerprint density at radius 3 is 2.81 bits per heavy atom. The Morgan fingerprint density at radius 2 is 2.05 bits per heavy atom. The molecular weight excluding hydrogens is 262 g/mol. The first kappa shape index (κ1) is 13.9. The van der Waals surface area contributed by atoms with Gasteiger partial charge in [-0.25, -0.2) is 4.99 Å². The maximum atomic E-state index is 6.27. The largest absolute Gasteiger partial charge is 0.384 e. The quantitative estimate of drug-likeness (QED) is 0.782. The number of nitrogens with two attached hydrogens (primary N) is 2. The fraction of sp³-hybridized carbons (Fsp3) is 0.438. The second-order valence-electron chi connectivity index (χ2n) is 5.83. The number of piperidine rings is 1. The van der Waals surface area contributed by atoms with Gasteiger partial charge >= 0.3 is 0 Å². The Kier molecular flexibility index (Phi) is 3.84. The van der Waals surface area contributed by atoms with Crippen molar-refractivity contribution in [2.45, 2.75) is 31.5 Å². The summed E-state index contributed by atoms with van der Waals surface area (Å²) in [5.74, 6) is -0.386. The topological polar surface area (TPSA) is 79.7 Å². The second kappa shape index (κ2) is 5.77.